The van der Waals surface area contributed by atoms with Crippen LogP contribution < -0.4 is 4.90 Å². The zero-order valence-corrected chi connectivity index (χ0v) is 21.8. The molecule has 0 fully saturated rings. The van der Waals surface area contributed by atoms with Crippen LogP contribution in [0, 0.1) is 0 Å². The number of rotatable bonds is 4. The van der Waals surface area contributed by atoms with Crippen molar-refractivity contribution in [3.8, 4) is 11.1 Å². The van der Waals surface area contributed by atoms with Gasteiger partial charge in [-0.1, -0.05) is 103 Å². The highest BCUT2D eigenvalue weighted by Crippen LogP contribution is 2.43. The molecule has 8 aromatic rings. The Hall–Kier alpha value is -5.34. The third-order valence-electron chi connectivity index (χ3n) is 7.80. The maximum absolute atomic E-state index is 6.17. The molecule has 188 valence electrons. The van der Waals surface area contributed by atoms with Crippen molar-refractivity contribution in [1.29, 1.82) is 0 Å². The summed E-state index contributed by atoms with van der Waals surface area (Å²) in [5, 5.41) is 7.07. The van der Waals surface area contributed by atoms with Crippen LogP contribution in [-0.2, 0) is 0 Å². The molecule has 0 unspecified atom stereocenters. The Kier molecular flexibility index (Phi) is 5.17. The molecule has 0 aliphatic rings. The van der Waals surface area contributed by atoms with E-state index in [0.717, 1.165) is 44.4 Å². The average molecular weight is 512 g/mol. The van der Waals surface area contributed by atoms with Crippen molar-refractivity contribution >= 4 is 60.5 Å². The van der Waals surface area contributed by atoms with Gasteiger partial charge in [0.1, 0.15) is 11.2 Å². The van der Waals surface area contributed by atoms with Crippen LogP contribution in [-0.4, -0.2) is 0 Å². The maximum atomic E-state index is 6.17. The van der Waals surface area contributed by atoms with Crippen molar-refractivity contribution in [2.45, 2.75) is 0 Å². The van der Waals surface area contributed by atoms with Crippen molar-refractivity contribution in [3.05, 3.63) is 152 Å². The van der Waals surface area contributed by atoms with E-state index < -0.39 is 0 Å². The Morgan fingerprint density at radius 1 is 0.400 bits per heavy atom. The topological polar surface area (TPSA) is 16.4 Å². The van der Waals surface area contributed by atoms with Gasteiger partial charge in [0.25, 0.3) is 0 Å². The highest BCUT2D eigenvalue weighted by Gasteiger charge is 2.18. The predicted octanol–water partition coefficient (Wildman–Crippen LogP) is 11.0. The molecule has 0 atom stereocenters. The summed E-state index contributed by atoms with van der Waals surface area (Å²) in [4.78, 5) is 2.38. The van der Waals surface area contributed by atoms with Crippen LogP contribution in [0.15, 0.2) is 156 Å². The molecule has 8 rings (SSSR count). The van der Waals surface area contributed by atoms with E-state index in [2.05, 4.69) is 144 Å². The van der Waals surface area contributed by atoms with Crippen LogP contribution in [0.4, 0.5) is 17.1 Å². The first-order valence-corrected chi connectivity index (χ1v) is 13.6. The van der Waals surface area contributed by atoms with Gasteiger partial charge in [0.2, 0.25) is 0 Å². The van der Waals surface area contributed by atoms with Crippen LogP contribution in [0.25, 0.3) is 54.6 Å². The summed E-state index contributed by atoms with van der Waals surface area (Å²) >= 11 is 0. The Bertz CT molecular complexity index is 2170. The lowest BCUT2D eigenvalue weighted by Crippen LogP contribution is -2.11. The number of anilines is 3. The number of hydrogen-bond donors (Lipinski definition) is 0. The van der Waals surface area contributed by atoms with Gasteiger partial charge in [-0.15, -0.1) is 0 Å². The van der Waals surface area contributed by atoms with E-state index in [9.17, 15) is 0 Å². The first-order valence-electron chi connectivity index (χ1n) is 13.6. The van der Waals surface area contributed by atoms with Gasteiger partial charge in [-0.2, -0.15) is 0 Å². The molecule has 0 aliphatic heterocycles. The van der Waals surface area contributed by atoms with Crippen molar-refractivity contribution in [2.75, 3.05) is 4.90 Å². The Labute approximate surface area is 232 Å². The van der Waals surface area contributed by atoms with E-state index in [4.69, 9.17) is 4.42 Å². The Morgan fingerprint density at radius 3 is 1.93 bits per heavy atom. The Morgan fingerprint density at radius 2 is 1.05 bits per heavy atom. The summed E-state index contributed by atoms with van der Waals surface area (Å²) < 4.78 is 6.17. The van der Waals surface area contributed by atoms with Gasteiger partial charge < -0.3 is 9.32 Å². The van der Waals surface area contributed by atoms with Gasteiger partial charge in [-0.3, -0.25) is 0 Å². The van der Waals surface area contributed by atoms with Crippen LogP contribution in [0.1, 0.15) is 0 Å². The third-order valence-corrected chi connectivity index (χ3v) is 7.80. The highest BCUT2D eigenvalue weighted by atomic mass is 16.3. The van der Waals surface area contributed by atoms with Gasteiger partial charge in [0.05, 0.1) is 5.69 Å². The molecule has 0 amide bonds. The normalized spacial score (nSPS) is 11.5. The first kappa shape index (κ1) is 22.6. The van der Waals surface area contributed by atoms with E-state index in [0.29, 0.717) is 0 Å². The average Bonchev–Trinajstić information content (AvgIpc) is 3.38. The lowest BCUT2D eigenvalue weighted by molar-refractivity contribution is 0.669. The molecule has 0 aliphatic carbocycles. The minimum absolute atomic E-state index is 0.919. The van der Waals surface area contributed by atoms with Crippen LogP contribution in [0.2, 0.25) is 0 Å². The van der Waals surface area contributed by atoms with E-state index >= 15 is 0 Å². The summed E-state index contributed by atoms with van der Waals surface area (Å²) in [7, 11) is 0. The molecule has 2 heteroatoms. The first-order chi connectivity index (χ1) is 19.8. The van der Waals surface area contributed by atoms with Gasteiger partial charge in [-0.25, -0.2) is 0 Å². The molecule has 7 aromatic carbocycles. The second kappa shape index (κ2) is 9.14. The zero-order valence-electron chi connectivity index (χ0n) is 21.8. The standard InChI is InChI=1S/C38H25NO/c1-2-11-27(12-3-1)33-14-6-8-16-36(33)39(31-20-18-26-10-4-5-13-28(26)22-31)32-21-19-29-25-38-35(24-30(29)23-32)34-15-7-9-17-37(34)40-38/h1-25H. The number of hydrogen-bond acceptors (Lipinski definition) is 2. The quantitative estimate of drug-likeness (QED) is 0.234. The van der Waals surface area contributed by atoms with Crippen molar-refractivity contribution in [1.82, 2.24) is 0 Å². The van der Waals surface area contributed by atoms with Crippen LogP contribution >= 0.6 is 0 Å². The SMILES string of the molecule is c1ccc(-c2ccccc2N(c2ccc3ccccc3c2)c2ccc3cc4oc5ccccc5c4cc3c2)cc1. The van der Waals surface area contributed by atoms with Crippen molar-refractivity contribution < 1.29 is 4.42 Å². The number of fused-ring (bicyclic) bond motifs is 5. The molecular weight excluding hydrogens is 486 g/mol. The number of benzene rings is 7. The highest BCUT2D eigenvalue weighted by molar-refractivity contribution is 6.10. The largest absolute Gasteiger partial charge is 0.456 e. The summed E-state index contributed by atoms with van der Waals surface area (Å²) in [6, 6.07) is 54.0. The van der Waals surface area contributed by atoms with Crippen LogP contribution in [0.5, 0.6) is 0 Å². The molecule has 0 bridgehead atoms. The second-order valence-electron chi connectivity index (χ2n) is 10.2. The molecule has 0 radical (unpaired) electrons. The van der Waals surface area contributed by atoms with E-state index in [1.54, 1.807) is 0 Å². The minimum Gasteiger partial charge on any atom is -0.456 e. The smallest absolute Gasteiger partial charge is 0.136 e. The monoisotopic (exact) mass is 511 g/mol. The fourth-order valence-electron chi connectivity index (χ4n) is 5.87. The van der Waals surface area contributed by atoms with Crippen molar-refractivity contribution in [3.63, 3.8) is 0 Å². The minimum atomic E-state index is 0.919. The van der Waals surface area contributed by atoms with Gasteiger partial charge in [0.15, 0.2) is 0 Å². The summed E-state index contributed by atoms with van der Waals surface area (Å²) in [6.07, 6.45) is 0. The molecule has 1 aromatic heterocycles. The Balaban J connectivity index is 1.38. The number of para-hydroxylation sites is 2. The van der Waals surface area contributed by atoms with Gasteiger partial charge >= 0.3 is 0 Å². The van der Waals surface area contributed by atoms with Crippen molar-refractivity contribution in [2.24, 2.45) is 0 Å². The molecule has 0 saturated carbocycles. The maximum Gasteiger partial charge on any atom is 0.136 e. The molecular formula is C38H25NO. The lowest BCUT2D eigenvalue weighted by Gasteiger charge is -2.28. The van der Waals surface area contributed by atoms with Gasteiger partial charge in [0, 0.05) is 27.7 Å². The molecule has 2 nitrogen and oxygen atoms in total. The molecule has 40 heavy (non-hydrogen) atoms. The summed E-state index contributed by atoms with van der Waals surface area (Å²) in [5.74, 6) is 0. The molecule has 0 N–H and O–H groups in total. The molecule has 0 saturated heterocycles. The van der Waals surface area contributed by atoms with E-state index in [1.165, 1.54) is 27.3 Å². The molecule has 0 spiro atoms. The second-order valence-corrected chi connectivity index (χ2v) is 10.2. The fraction of sp³-hybridized carbons (Fsp3) is 0. The van der Waals surface area contributed by atoms with Gasteiger partial charge in [-0.05, 0) is 75.6 Å². The summed E-state index contributed by atoms with van der Waals surface area (Å²) in [5.41, 5.74) is 7.58. The number of nitrogens with zero attached hydrogens (tertiary/aromatic N) is 1. The lowest BCUT2D eigenvalue weighted by atomic mass is 10.0. The fourth-order valence-corrected chi connectivity index (χ4v) is 5.87. The predicted molar refractivity (Wildman–Crippen MR) is 169 cm³/mol. The number of furan rings is 1. The zero-order chi connectivity index (χ0) is 26.5. The van der Waals surface area contributed by atoms with E-state index in [-0.39, 0.29) is 0 Å². The van der Waals surface area contributed by atoms with Crippen LogP contribution in [0.3, 0.4) is 0 Å². The van der Waals surface area contributed by atoms with E-state index in [1.807, 2.05) is 12.1 Å². The molecule has 1 heterocycles. The third kappa shape index (κ3) is 3.73. The summed E-state index contributed by atoms with van der Waals surface area (Å²) in [6.45, 7) is 0.